The van der Waals surface area contributed by atoms with Gasteiger partial charge in [-0.15, -0.1) is 0 Å². The largest absolute Gasteiger partial charge is 0.350 e. The van der Waals surface area contributed by atoms with Crippen LogP contribution in [-0.2, 0) is 14.4 Å². The zero-order chi connectivity index (χ0) is 20.4. The summed E-state index contributed by atoms with van der Waals surface area (Å²) in [5.74, 6) is -0.839. The third-order valence-electron chi connectivity index (χ3n) is 4.62. The van der Waals surface area contributed by atoms with Gasteiger partial charge in [0.2, 0.25) is 5.91 Å². The van der Waals surface area contributed by atoms with Gasteiger partial charge in [0.15, 0.2) is 0 Å². The van der Waals surface area contributed by atoms with E-state index >= 15 is 0 Å². The van der Waals surface area contributed by atoms with Gasteiger partial charge in [0.25, 0.3) is 11.8 Å². The minimum Gasteiger partial charge on any atom is -0.350 e. The third-order valence-corrected chi connectivity index (χ3v) is 4.62. The summed E-state index contributed by atoms with van der Waals surface area (Å²) in [6.45, 7) is 7.45. The Bertz CT molecular complexity index is 991. The summed E-state index contributed by atoms with van der Waals surface area (Å²) in [4.78, 5) is 38.2. The lowest BCUT2D eigenvalue weighted by atomic mass is 10.0. The van der Waals surface area contributed by atoms with Crippen LogP contribution in [0.1, 0.15) is 30.5 Å². The van der Waals surface area contributed by atoms with Crippen LogP contribution in [0.3, 0.4) is 0 Å². The third kappa shape index (κ3) is 3.67. The molecule has 0 saturated carbocycles. The highest BCUT2D eigenvalue weighted by atomic mass is 16.2. The van der Waals surface area contributed by atoms with E-state index in [0.29, 0.717) is 23.4 Å². The average molecular weight is 377 g/mol. The Hall–Kier alpha value is -3.41. The number of rotatable bonds is 5. The van der Waals surface area contributed by atoms with Gasteiger partial charge in [-0.1, -0.05) is 29.8 Å². The molecule has 0 unspecified atom stereocenters. The lowest BCUT2D eigenvalue weighted by Crippen LogP contribution is -2.32. The number of carbonyl (C=O) groups is 3. The number of imide groups is 1. The molecule has 0 aliphatic carbocycles. The fourth-order valence-corrected chi connectivity index (χ4v) is 3.26. The van der Waals surface area contributed by atoms with Gasteiger partial charge < -0.3 is 10.6 Å². The van der Waals surface area contributed by atoms with Crippen LogP contribution in [0.25, 0.3) is 5.57 Å². The van der Waals surface area contributed by atoms with E-state index in [-0.39, 0.29) is 23.4 Å². The Labute approximate surface area is 164 Å². The molecule has 28 heavy (non-hydrogen) atoms. The van der Waals surface area contributed by atoms with Crippen molar-refractivity contribution in [2.75, 3.05) is 17.2 Å². The molecule has 1 aliphatic heterocycles. The Balaban J connectivity index is 2.04. The molecule has 2 aromatic rings. The standard InChI is InChI=1S/C22H23N3O3/c1-5-25-21(27)19(16-7-9-17(10-8-16)23-15(4)26)20(22(25)28)24-18-11-6-13(2)12-14(18)3/h6-12,24H,5H2,1-4H3,(H,23,26). The molecule has 0 saturated heterocycles. The number of nitrogens with one attached hydrogen (secondary N) is 2. The first kappa shape index (κ1) is 19.4. The molecule has 0 spiro atoms. The molecular formula is C22H23N3O3. The number of benzene rings is 2. The lowest BCUT2D eigenvalue weighted by Gasteiger charge is -2.13. The number of anilines is 2. The summed E-state index contributed by atoms with van der Waals surface area (Å²) in [6.07, 6.45) is 0. The molecule has 1 heterocycles. The molecule has 1 aliphatic rings. The zero-order valence-corrected chi connectivity index (χ0v) is 16.4. The molecule has 3 amide bonds. The predicted molar refractivity (Wildman–Crippen MR) is 110 cm³/mol. The normalized spacial score (nSPS) is 13.9. The van der Waals surface area contributed by atoms with Crippen LogP contribution in [0.4, 0.5) is 11.4 Å². The minimum atomic E-state index is -0.339. The highest BCUT2D eigenvalue weighted by Gasteiger charge is 2.38. The first-order valence-corrected chi connectivity index (χ1v) is 9.14. The van der Waals surface area contributed by atoms with Crippen LogP contribution in [0, 0.1) is 13.8 Å². The summed E-state index contributed by atoms with van der Waals surface area (Å²) in [7, 11) is 0. The van der Waals surface area contributed by atoms with Crippen LogP contribution in [0.15, 0.2) is 48.2 Å². The van der Waals surface area contributed by atoms with E-state index in [1.54, 1.807) is 31.2 Å². The molecule has 2 aromatic carbocycles. The number of hydrogen-bond donors (Lipinski definition) is 2. The Kier molecular flexibility index (Phi) is 5.31. The second-order valence-electron chi connectivity index (χ2n) is 6.81. The highest BCUT2D eigenvalue weighted by molar-refractivity contribution is 6.36. The van der Waals surface area contributed by atoms with E-state index in [1.165, 1.54) is 11.8 Å². The van der Waals surface area contributed by atoms with E-state index in [4.69, 9.17) is 0 Å². The van der Waals surface area contributed by atoms with Gasteiger partial charge in [0.1, 0.15) is 5.70 Å². The van der Waals surface area contributed by atoms with Crippen molar-refractivity contribution in [3.63, 3.8) is 0 Å². The lowest BCUT2D eigenvalue weighted by molar-refractivity contribution is -0.136. The van der Waals surface area contributed by atoms with Crippen LogP contribution in [0.2, 0.25) is 0 Å². The zero-order valence-electron chi connectivity index (χ0n) is 16.4. The van der Waals surface area contributed by atoms with Crippen molar-refractivity contribution in [1.82, 2.24) is 4.90 Å². The first-order valence-electron chi connectivity index (χ1n) is 9.14. The van der Waals surface area contributed by atoms with Crippen molar-refractivity contribution in [2.24, 2.45) is 0 Å². The highest BCUT2D eigenvalue weighted by Crippen LogP contribution is 2.31. The number of aryl methyl sites for hydroxylation is 2. The molecule has 0 atom stereocenters. The number of likely N-dealkylation sites (N-methyl/N-ethyl adjacent to an activating group) is 1. The summed E-state index contributed by atoms with van der Waals surface area (Å²) in [5, 5.41) is 5.87. The van der Waals surface area contributed by atoms with Gasteiger partial charge in [-0.2, -0.15) is 0 Å². The average Bonchev–Trinajstić information content (AvgIpc) is 2.87. The summed E-state index contributed by atoms with van der Waals surface area (Å²) in [5.41, 5.74) is 4.75. The van der Waals surface area contributed by atoms with Gasteiger partial charge in [0, 0.05) is 24.8 Å². The molecule has 144 valence electrons. The topological polar surface area (TPSA) is 78.5 Å². The Morgan fingerprint density at radius 3 is 2.25 bits per heavy atom. The van der Waals surface area contributed by atoms with E-state index < -0.39 is 0 Å². The smallest absolute Gasteiger partial charge is 0.278 e. The van der Waals surface area contributed by atoms with Crippen molar-refractivity contribution in [1.29, 1.82) is 0 Å². The molecule has 6 nitrogen and oxygen atoms in total. The molecule has 0 fully saturated rings. The first-order chi connectivity index (χ1) is 13.3. The van der Waals surface area contributed by atoms with Crippen LogP contribution in [0.5, 0.6) is 0 Å². The fourth-order valence-electron chi connectivity index (χ4n) is 3.26. The van der Waals surface area contributed by atoms with Crippen molar-refractivity contribution in [3.8, 4) is 0 Å². The van der Waals surface area contributed by atoms with Gasteiger partial charge in [-0.25, -0.2) is 0 Å². The number of nitrogens with zero attached hydrogens (tertiary/aromatic N) is 1. The maximum absolute atomic E-state index is 12.9. The maximum Gasteiger partial charge on any atom is 0.278 e. The number of carbonyl (C=O) groups excluding carboxylic acids is 3. The van der Waals surface area contributed by atoms with E-state index in [2.05, 4.69) is 10.6 Å². The van der Waals surface area contributed by atoms with E-state index in [0.717, 1.165) is 16.8 Å². The van der Waals surface area contributed by atoms with Crippen LogP contribution < -0.4 is 10.6 Å². The second-order valence-corrected chi connectivity index (χ2v) is 6.81. The molecule has 0 radical (unpaired) electrons. The Morgan fingerprint density at radius 2 is 1.68 bits per heavy atom. The molecule has 0 bridgehead atoms. The van der Waals surface area contributed by atoms with E-state index in [9.17, 15) is 14.4 Å². The number of amides is 3. The quantitative estimate of drug-likeness (QED) is 0.782. The molecule has 6 heteroatoms. The molecular weight excluding hydrogens is 354 g/mol. The van der Waals surface area contributed by atoms with Gasteiger partial charge in [-0.3, -0.25) is 19.3 Å². The number of hydrogen-bond acceptors (Lipinski definition) is 4. The fraction of sp³-hybridized carbons (Fsp3) is 0.227. The van der Waals surface area contributed by atoms with Gasteiger partial charge in [-0.05, 0) is 50.1 Å². The molecule has 2 N–H and O–H groups in total. The molecule has 3 rings (SSSR count). The summed E-state index contributed by atoms with van der Waals surface area (Å²) < 4.78 is 0. The molecule has 0 aromatic heterocycles. The predicted octanol–water partition coefficient (Wildman–Crippen LogP) is 3.47. The minimum absolute atomic E-state index is 0.173. The van der Waals surface area contributed by atoms with Crippen LogP contribution in [-0.4, -0.2) is 29.2 Å². The van der Waals surface area contributed by atoms with E-state index in [1.807, 2.05) is 32.0 Å². The van der Waals surface area contributed by atoms with Crippen molar-refractivity contribution < 1.29 is 14.4 Å². The van der Waals surface area contributed by atoms with Crippen molar-refractivity contribution in [3.05, 3.63) is 64.9 Å². The van der Waals surface area contributed by atoms with Crippen molar-refractivity contribution >= 4 is 34.7 Å². The van der Waals surface area contributed by atoms with Crippen molar-refractivity contribution in [2.45, 2.75) is 27.7 Å². The monoisotopic (exact) mass is 377 g/mol. The maximum atomic E-state index is 12.9. The summed E-state index contributed by atoms with van der Waals surface area (Å²) in [6, 6.07) is 12.8. The van der Waals surface area contributed by atoms with Gasteiger partial charge >= 0.3 is 0 Å². The summed E-state index contributed by atoms with van der Waals surface area (Å²) >= 11 is 0. The SMILES string of the molecule is CCN1C(=O)C(Nc2ccc(C)cc2C)=C(c2ccc(NC(C)=O)cc2)C1=O. The Morgan fingerprint density at radius 1 is 1.00 bits per heavy atom. The van der Waals surface area contributed by atoms with Gasteiger partial charge in [0.05, 0.1) is 5.57 Å². The second kappa shape index (κ2) is 7.68. The van der Waals surface area contributed by atoms with Crippen LogP contribution >= 0.6 is 0 Å².